The molecule has 1 heterocycles. The molecule has 1 unspecified atom stereocenters. The molecule has 0 amide bonds. The van der Waals surface area contributed by atoms with Gasteiger partial charge in [-0.2, -0.15) is 4.31 Å². The second-order valence-corrected chi connectivity index (χ2v) is 8.77. The van der Waals surface area contributed by atoms with Gasteiger partial charge < -0.3 is 4.74 Å². The SMILES string of the molecule is O=C(OCC1CC=CCC1)c1ccc(F)c(S(=O)(=O)N2CCCCC2)c1. The number of benzene rings is 1. The van der Waals surface area contributed by atoms with Gasteiger partial charge in [0.15, 0.2) is 0 Å². The van der Waals surface area contributed by atoms with Gasteiger partial charge in [-0.3, -0.25) is 0 Å². The number of carbonyl (C=O) groups excluding carboxylic acids is 1. The number of ether oxygens (including phenoxy) is 1. The lowest BCUT2D eigenvalue weighted by atomic mass is 9.95. The van der Waals surface area contributed by atoms with Crippen LogP contribution in [0.15, 0.2) is 35.2 Å². The Morgan fingerprint density at radius 1 is 1.19 bits per heavy atom. The van der Waals surface area contributed by atoms with E-state index in [1.807, 2.05) is 0 Å². The number of sulfonamides is 1. The minimum Gasteiger partial charge on any atom is -0.462 e. The fraction of sp³-hybridized carbons (Fsp3) is 0.526. The Bertz CT molecular complexity index is 785. The fourth-order valence-corrected chi connectivity index (χ4v) is 4.96. The summed E-state index contributed by atoms with van der Waals surface area (Å²) < 4.78 is 46.2. The predicted molar refractivity (Wildman–Crippen MR) is 95.8 cm³/mol. The zero-order valence-corrected chi connectivity index (χ0v) is 15.5. The third kappa shape index (κ3) is 4.32. The monoisotopic (exact) mass is 381 g/mol. The highest BCUT2D eigenvalue weighted by atomic mass is 32.2. The Balaban J connectivity index is 1.74. The van der Waals surface area contributed by atoms with Gasteiger partial charge in [0.05, 0.1) is 12.2 Å². The number of hydrogen-bond donors (Lipinski definition) is 0. The van der Waals surface area contributed by atoms with Crippen LogP contribution in [0.25, 0.3) is 0 Å². The lowest BCUT2D eigenvalue weighted by Gasteiger charge is -2.26. The van der Waals surface area contributed by atoms with Gasteiger partial charge in [0, 0.05) is 13.1 Å². The molecule has 3 rings (SSSR count). The second-order valence-electron chi connectivity index (χ2n) is 6.86. The molecule has 0 radical (unpaired) electrons. The van der Waals surface area contributed by atoms with E-state index in [9.17, 15) is 17.6 Å². The van der Waals surface area contributed by atoms with Gasteiger partial charge in [0.25, 0.3) is 0 Å². The summed E-state index contributed by atoms with van der Waals surface area (Å²) in [4.78, 5) is 11.8. The molecule has 1 aliphatic carbocycles. The number of hydrogen-bond acceptors (Lipinski definition) is 4. The van der Waals surface area contributed by atoms with Crippen LogP contribution in [0, 0.1) is 11.7 Å². The molecule has 0 N–H and O–H groups in total. The number of esters is 1. The van der Waals surface area contributed by atoms with E-state index >= 15 is 0 Å². The summed E-state index contributed by atoms with van der Waals surface area (Å²) in [5, 5.41) is 0. The van der Waals surface area contributed by atoms with Crippen molar-refractivity contribution in [2.24, 2.45) is 5.92 Å². The lowest BCUT2D eigenvalue weighted by molar-refractivity contribution is 0.0432. The van der Waals surface area contributed by atoms with E-state index in [-0.39, 0.29) is 18.1 Å². The van der Waals surface area contributed by atoms with Crippen molar-refractivity contribution in [3.8, 4) is 0 Å². The molecule has 1 atom stereocenters. The molecule has 1 saturated heterocycles. The number of allylic oxidation sites excluding steroid dienone is 2. The van der Waals surface area contributed by atoms with Crippen LogP contribution in [-0.2, 0) is 14.8 Å². The summed E-state index contributed by atoms with van der Waals surface area (Å²) in [5.74, 6) is -1.18. The molecular weight excluding hydrogens is 357 g/mol. The van der Waals surface area contributed by atoms with Gasteiger partial charge in [0.1, 0.15) is 10.7 Å². The van der Waals surface area contributed by atoms with Crippen LogP contribution in [0.3, 0.4) is 0 Å². The Morgan fingerprint density at radius 3 is 2.65 bits per heavy atom. The van der Waals surface area contributed by atoms with Crippen molar-refractivity contribution in [2.75, 3.05) is 19.7 Å². The Hall–Kier alpha value is -1.73. The first-order chi connectivity index (χ1) is 12.5. The first kappa shape index (κ1) is 19.0. The molecule has 26 heavy (non-hydrogen) atoms. The summed E-state index contributed by atoms with van der Waals surface area (Å²) in [6.45, 7) is 1.05. The van der Waals surface area contributed by atoms with Crippen LogP contribution in [0.1, 0.15) is 48.9 Å². The maximum Gasteiger partial charge on any atom is 0.338 e. The summed E-state index contributed by atoms with van der Waals surface area (Å²) in [7, 11) is -3.94. The first-order valence-electron chi connectivity index (χ1n) is 9.10. The highest BCUT2D eigenvalue weighted by Gasteiger charge is 2.29. The first-order valence-corrected chi connectivity index (χ1v) is 10.5. The van der Waals surface area contributed by atoms with E-state index < -0.39 is 26.7 Å². The van der Waals surface area contributed by atoms with Crippen LogP contribution in [0.4, 0.5) is 4.39 Å². The number of piperidine rings is 1. The molecule has 142 valence electrons. The molecule has 0 saturated carbocycles. The third-order valence-corrected chi connectivity index (χ3v) is 6.84. The maximum atomic E-state index is 14.2. The topological polar surface area (TPSA) is 63.7 Å². The van der Waals surface area contributed by atoms with E-state index in [2.05, 4.69) is 12.2 Å². The van der Waals surface area contributed by atoms with E-state index in [1.165, 1.54) is 10.4 Å². The van der Waals surface area contributed by atoms with Crippen LogP contribution in [0.2, 0.25) is 0 Å². The summed E-state index contributed by atoms with van der Waals surface area (Å²) in [5.41, 5.74) is 0.0633. The molecule has 0 spiro atoms. The van der Waals surface area contributed by atoms with Crippen LogP contribution in [0.5, 0.6) is 0 Å². The quantitative estimate of drug-likeness (QED) is 0.578. The lowest BCUT2D eigenvalue weighted by Crippen LogP contribution is -2.36. The van der Waals surface area contributed by atoms with Crippen molar-refractivity contribution >= 4 is 16.0 Å². The molecule has 1 fully saturated rings. The Kier molecular flexibility index (Phi) is 6.09. The maximum absolute atomic E-state index is 14.2. The normalized spacial score (nSPS) is 21.5. The number of carbonyl (C=O) groups is 1. The van der Waals surface area contributed by atoms with Gasteiger partial charge in [-0.25, -0.2) is 17.6 Å². The van der Waals surface area contributed by atoms with E-state index in [0.717, 1.165) is 50.7 Å². The highest BCUT2D eigenvalue weighted by Crippen LogP contribution is 2.25. The third-order valence-electron chi connectivity index (χ3n) is 4.93. The van der Waals surface area contributed by atoms with Crippen LogP contribution >= 0.6 is 0 Å². The Morgan fingerprint density at radius 2 is 1.96 bits per heavy atom. The largest absolute Gasteiger partial charge is 0.462 e. The van der Waals surface area contributed by atoms with Gasteiger partial charge >= 0.3 is 5.97 Å². The molecule has 7 heteroatoms. The van der Waals surface area contributed by atoms with Crippen molar-refractivity contribution < 1.29 is 22.3 Å². The number of nitrogens with zero attached hydrogens (tertiary/aromatic N) is 1. The minimum atomic E-state index is -3.94. The van der Waals surface area contributed by atoms with Crippen LogP contribution in [-0.4, -0.2) is 38.4 Å². The predicted octanol–water partition coefficient (Wildman–Crippen LogP) is 3.51. The van der Waals surface area contributed by atoms with Gasteiger partial charge in [-0.1, -0.05) is 18.6 Å². The summed E-state index contributed by atoms with van der Waals surface area (Å²) >= 11 is 0. The molecule has 0 aromatic heterocycles. The zero-order valence-electron chi connectivity index (χ0n) is 14.7. The van der Waals surface area contributed by atoms with Crippen molar-refractivity contribution in [1.29, 1.82) is 0 Å². The minimum absolute atomic E-state index is 0.0633. The fourth-order valence-electron chi connectivity index (χ4n) is 3.36. The van der Waals surface area contributed by atoms with Crippen molar-refractivity contribution in [3.63, 3.8) is 0 Å². The molecule has 1 aliphatic heterocycles. The molecule has 1 aromatic carbocycles. The smallest absolute Gasteiger partial charge is 0.338 e. The van der Waals surface area contributed by atoms with Gasteiger partial charge in [-0.05, 0) is 56.2 Å². The van der Waals surface area contributed by atoms with E-state index in [1.54, 1.807) is 0 Å². The molecule has 1 aromatic rings. The van der Waals surface area contributed by atoms with Gasteiger partial charge in [0.2, 0.25) is 10.0 Å². The van der Waals surface area contributed by atoms with E-state index in [0.29, 0.717) is 13.1 Å². The number of rotatable bonds is 5. The van der Waals surface area contributed by atoms with Crippen molar-refractivity contribution in [2.45, 2.75) is 43.4 Å². The second kappa shape index (κ2) is 8.31. The van der Waals surface area contributed by atoms with Crippen LogP contribution < -0.4 is 0 Å². The van der Waals surface area contributed by atoms with Crippen molar-refractivity contribution in [1.82, 2.24) is 4.31 Å². The van der Waals surface area contributed by atoms with Gasteiger partial charge in [-0.15, -0.1) is 0 Å². The molecular formula is C19H24FNO4S. The highest BCUT2D eigenvalue weighted by molar-refractivity contribution is 7.89. The van der Waals surface area contributed by atoms with E-state index in [4.69, 9.17) is 4.74 Å². The molecule has 5 nitrogen and oxygen atoms in total. The number of halogens is 1. The average molecular weight is 381 g/mol. The zero-order chi connectivity index (χ0) is 18.6. The molecule has 0 bridgehead atoms. The Labute approximate surface area is 153 Å². The summed E-state index contributed by atoms with van der Waals surface area (Å²) in [6.07, 6.45) is 9.47. The summed E-state index contributed by atoms with van der Waals surface area (Å²) in [6, 6.07) is 3.40. The average Bonchev–Trinajstić information content (AvgIpc) is 2.68. The molecule has 2 aliphatic rings. The van der Waals surface area contributed by atoms with Crippen molar-refractivity contribution in [3.05, 3.63) is 41.7 Å². The standard InChI is InChI=1S/C19H24FNO4S/c20-17-10-9-16(19(22)25-14-15-7-3-1-4-8-15)13-18(17)26(23,24)21-11-5-2-6-12-21/h1,3,9-10,13,15H,2,4-8,11-12,14H2.